The second kappa shape index (κ2) is 7.12. The van der Waals surface area contributed by atoms with Gasteiger partial charge in [-0.2, -0.15) is 17.9 Å². The molecule has 7 nitrogen and oxygen atoms in total. The van der Waals surface area contributed by atoms with Gasteiger partial charge in [0.25, 0.3) is 5.69 Å². The molecule has 0 N–H and O–H groups in total. The van der Waals surface area contributed by atoms with Gasteiger partial charge < -0.3 is 0 Å². The molecule has 0 aliphatic rings. The summed E-state index contributed by atoms with van der Waals surface area (Å²) in [7, 11) is 0. The predicted octanol–water partition coefficient (Wildman–Crippen LogP) is 3.88. The largest absolute Gasteiger partial charge is 0.416 e. The summed E-state index contributed by atoms with van der Waals surface area (Å²) in [6.45, 7) is 0. The second-order valence-corrected chi connectivity index (χ2v) is 6.04. The summed E-state index contributed by atoms with van der Waals surface area (Å²) in [5.74, 6) is -0.0898. The van der Waals surface area contributed by atoms with E-state index in [0.717, 1.165) is 23.9 Å². The molecule has 0 atom stereocenters. The van der Waals surface area contributed by atoms with E-state index in [-0.39, 0.29) is 17.0 Å². The fraction of sp³-hybridized carbons (Fsp3) is 0.133. The Morgan fingerprint density at radius 1 is 1.15 bits per heavy atom. The molecule has 0 amide bonds. The van der Waals surface area contributed by atoms with Crippen molar-refractivity contribution >= 4 is 17.4 Å². The predicted molar refractivity (Wildman–Crippen MR) is 86.8 cm³/mol. The summed E-state index contributed by atoms with van der Waals surface area (Å²) in [6.07, 6.45) is -4.58. The van der Waals surface area contributed by atoms with E-state index in [1.54, 1.807) is 24.3 Å². The highest BCUT2D eigenvalue weighted by Crippen LogP contribution is 2.34. The van der Waals surface area contributed by atoms with Crippen molar-refractivity contribution in [2.24, 2.45) is 0 Å². The first-order valence-electron chi connectivity index (χ1n) is 7.17. The maximum absolute atomic E-state index is 12.9. The number of thioether (sulfide) groups is 1. The molecule has 3 rings (SSSR count). The van der Waals surface area contributed by atoms with Gasteiger partial charge >= 0.3 is 6.18 Å². The highest BCUT2D eigenvalue weighted by Gasteiger charge is 2.32. The lowest BCUT2D eigenvalue weighted by molar-refractivity contribution is -0.385. The van der Waals surface area contributed by atoms with E-state index in [0.29, 0.717) is 16.9 Å². The van der Waals surface area contributed by atoms with E-state index >= 15 is 0 Å². The van der Waals surface area contributed by atoms with Crippen LogP contribution < -0.4 is 0 Å². The summed E-state index contributed by atoms with van der Waals surface area (Å²) in [5.41, 5.74) is -0.721. The molecule has 2 aromatic carbocycles. The fourth-order valence-corrected chi connectivity index (χ4v) is 3.07. The Bertz CT molecular complexity index is 931. The molecule has 0 bridgehead atoms. The Kier molecular flexibility index (Phi) is 4.89. The van der Waals surface area contributed by atoms with Crippen LogP contribution in [-0.4, -0.2) is 25.1 Å². The minimum absolute atomic E-state index is 0.0579. The van der Waals surface area contributed by atoms with Crippen molar-refractivity contribution in [2.45, 2.75) is 17.1 Å². The van der Waals surface area contributed by atoms with Gasteiger partial charge in [-0.05, 0) is 34.7 Å². The minimum Gasteiger partial charge on any atom is -0.258 e. The third-order valence-electron chi connectivity index (χ3n) is 3.40. The first-order chi connectivity index (χ1) is 12.4. The third-order valence-corrected chi connectivity index (χ3v) is 4.37. The number of alkyl halides is 3. The molecule has 26 heavy (non-hydrogen) atoms. The summed E-state index contributed by atoms with van der Waals surface area (Å²) < 4.78 is 40.1. The van der Waals surface area contributed by atoms with Crippen molar-refractivity contribution in [2.75, 3.05) is 0 Å². The van der Waals surface area contributed by atoms with E-state index in [4.69, 9.17) is 0 Å². The molecular weight excluding hydrogens is 371 g/mol. The van der Waals surface area contributed by atoms with Gasteiger partial charge in [0.15, 0.2) is 0 Å². The number of aromatic nitrogens is 4. The van der Waals surface area contributed by atoms with Gasteiger partial charge in [-0.25, -0.2) is 0 Å². The number of nitro groups is 1. The molecule has 0 spiro atoms. The lowest BCUT2D eigenvalue weighted by Gasteiger charge is -2.09. The Balaban J connectivity index is 1.89. The zero-order valence-corrected chi connectivity index (χ0v) is 13.7. The van der Waals surface area contributed by atoms with Gasteiger partial charge in [0.05, 0.1) is 16.2 Å². The topological polar surface area (TPSA) is 86.7 Å². The number of hydrogen-bond donors (Lipinski definition) is 0. The van der Waals surface area contributed by atoms with E-state index in [2.05, 4.69) is 15.5 Å². The van der Waals surface area contributed by atoms with Crippen LogP contribution >= 0.6 is 11.8 Å². The first kappa shape index (κ1) is 17.9. The van der Waals surface area contributed by atoms with Crippen molar-refractivity contribution < 1.29 is 18.1 Å². The number of benzene rings is 2. The van der Waals surface area contributed by atoms with Gasteiger partial charge in [-0.3, -0.25) is 10.1 Å². The van der Waals surface area contributed by atoms with Crippen molar-refractivity contribution in [3.8, 4) is 5.69 Å². The third kappa shape index (κ3) is 3.82. The van der Waals surface area contributed by atoms with Gasteiger partial charge in [-0.1, -0.05) is 30.0 Å². The van der Waals surface area contributed by atoms with Crippen molar-refractivity contribution in [1.82, 2.24) is 20.2 Å². The lowest BCUT2D eigenvalue weighted by atomic mass is 10.1. The van der Waals surface area contributed by atoms with E-state index in [9.17, 15) is 23.3 Å². The Labute approximate surface area is 149 Å². The number of hydrogen-bond acceptors (Lipinski definition) is 6. The molecule has 134 valence electrons. The van der Waals surface area contributed by atoms with Gasteiger partial charge in [-0.15, -0.1) is 5.10 Å². The maximum Gasteiger partial charge on any atom is 0.416 e. The van der Waals surface area contributed by atoms with Crippen LogP contribution in [-0.2, 0) is 11.9 Å². The molecule has 0 saturated carbocycles. The Morgan fingerprint density at radius 3 is 2.54 bits per heavy atom. The summed E-state index contributed by atoms with van der Waals surface area (Å²) in [4.78, 5) is 10.4. The molecule has 0 aliphatic carbocycles. The summed E-state index contributed by atoms with van der Waals surface area (Å²) in [5, 5.41) is 22.6. The number of tetrazole rings is 1. The number of nitro benzene ring substituents is 1. The summed E-state index contributed by atoms with van der Waals surface area (Å²) >= 11 is 1.01. The van der Waals surface area contributed by atoms with Gasteiger partial charge in [0.2, 0.25) is 5.16 Å². The highest BCUT2D eigenvalue weighted by atomic mass is 32.2. The normalized spacial score (nSPS) is 11.5. The van der Waals surface area contributed by atoms with Crippen LogP contribution in [0.1, 0.15) is 11.1 Å². The second-order valence-electron chi connectivity index (χ2n) is 5.10. The van der Waals surface area contributed by atoms with Crippen LogP contribution in [0.5, 0.6) is 0 Å². The van der Waals surface area contributed by atoms with Crippen molar-refractivity contribution in [1.29, 1.82) is 0 Å². The van der Waals surface area contributed by atoms with Crippen molar-refractivity contribution in [3.63, 3.8) is 0 Å². The fourth-order valence-electron chi connectivity index (χ4n) is 2.20. The molecule has 0 unspecified atom stereocenters. The van der Waals surface area contributed by atoms with E-state index in [1.807, 2.05) is 6.07 Å². The molecule has 1 heterocycles. The molecule has 0 saturated heterocycles. The van der Waals surface area contributed by atoms with Gasteiger partial charge in [0.1, 0.15) is 0 Å². The quantitative estimate of drug-likeness (QED) is 0.379. The minimum atomic E-state index is -4.58. The molecule has 11 heteroatoms. The van der Waals surface area contributed by atoms with Crippen LogP contribution in [0.15, 0.2) is 53.7 Å². The average Bonchev–Trinajstić information content (AvgIpc) is 3.08. The van der Waals surface area contributed by atoms with E-state index in [1.165, 1.54) is 4.68 Å². The lowest BCUT2D eigenvalue weighted by Crippen LogP contribution is -2.07. The van der Waals surface area contributed by atoms with Crippen LogP contribution in [0.25, 0.3) is 5.69 Å². The number of para-hydroxylation sites is 1. The summed E-state index contributed by atoms with van der Waals surface area (Å²) in [6, 6.07) is 11.2. The zero-order valence-electron chi connectivity index (χ0n) is 12.9. The number of rotatable bonds is 5. The van der Waals surface area contributed by atoms with Crippen LogP contribution in [0.2, 0.25) is 0 Å². The molecule has 3 aromatic rings. The van der Waals surface area contributed by atoms with Crippen LogP contribution in [0, 0.1) is 10.1 Å². The SMILES string of the molecule is O=[N+]([O-])c1ccc(C(F)(F)F)cc1CSc1nnnn1-c1ccccc1. The molecule has 0 fully saturated rings. The monoisotopic (exact) mass is 381 g/mol. The first-order valence-corrected chi connectivity index (χ1v) is 8.16. The standard InChI is InChI=1S/C15H10F3N5O2S/c16-15(17,18)11-6-7-13(23(24)25)10(8-11)9-26-14-19-20-21-22(14)12-4-2-1-3-5-12/h1-8H,9H2. The highest BCUT2D eigenvalue weighted by molar-refractivity contribution is 7.98. The zero-order chi connectivity index (χ0) is 18.7. The average molecular weight is 381 g/mol. The number of halogens is 3. The maximum atomic E-state index is 12.9. The van der Waals surface area contributed by atoms with Crippen LogP contribution in [0.4, 0.5) is 18.9 Å². The smallest absolute Gasteiger partial charge is 0.258 e. The van der Waals surface area contributed by atoms with E-state index < -0.39 is 16.7 Å². The van der Waals surface area contributed by atoms with Crippen LogP contribution in [0.3, 0.4) is 0 Å². The Hall–Kier alpha value is -2.95. The molecular formula is C15H10F3N5O2S. The van der Waals surface area contributed by atoms with Crippen molar-refractivity contribution in [3.05, 3.63) is 69.8 Å². The number of nitrogens with zero attached hydrogens (tertiary/aromatic N) is 5. The van der Waals surface area contributed by atoms with Gasteiger partial charge in [0, 0.05) is 17.4 Å². The molecule has 0 aliphatic heterocycles. The molecule has 1 aromatic heterocycles. The molecule has 0 radical (unpaired) electrons. The Morgan fingerprint density at radius 2 is 1.88 bits per heavy atom.